The van der Waals surface area contributed by atoms with Crippen LogP contribution in [-0.2, 0) is 0 Å². The van der Waals surface area contributed by atoms with Crippen LogP contribution in [0.15, 0.2) is 36.5 Å². The van der Waals surface area contributed by atoms with Crippen molar-refractivity contribution in [1.29, 1.82) is 5.26 Å². The van der Waals surface area contributed by atoms with Crippen molar-refractivity contribution in [1.82, 2.24) is 10.2 Å². The number of nitrogens with zero attached hydrogens (tertiary/aromatic N) is 2. The molecule has 0 aliphatic rings. The fourth-order valence-corrected chi connectivity index (χ4v) is 1.28. The Morgan fingerprint density at radius 1 is 1.35 bits per heavy atom. The maximum Gasteiger partial charge on any atom is 0.324 e. The van der Waals surface area contributed by atoms with Gasteiger partial charge in [0, 0.05) is 11.8 Å². The molecule has 2 aromatic rings. The first-order valence-corrected chi connectivity index (χ1v) is 4.85. The molecular formula is C11H9N5O. The second kappa shape index (κ2) is 4.81. The van der Waals surface area contributed by atoms with Crippen molar-refractivity contribution in [3.05, 3.63) is 42.1 Å². The Kier molecular flexibility index (Phi) is 3.03. The molecule has 0 spiro atoms. The first-order valence-electron chi connectivity index (χ1n) is 4.85. The molecule has 17 heavy (non-hydrogen) atoms. The molecule has 0 saturated carbocycles. The molecule has 2 amide bonds. The summed E-state index contributed by atoms with van der Waals surface area (Å²) in [6, 6.07) is 9.88. The molecule has 0 fully saturated rings. The summed E-state index contributed by atoms with van der Waals surface area (Å²) in [5.41, 5.74) is 1.05. The summed E-state index contributed by atoms with van der Waals surface area (Å²) in [5.74, 6) is 0.499. The SMILES string of the molecule is N#Cc1cccc(NC(=O)Nc2ccn[nH]2)c1. The van der Waals surface area contributed by atoms with E-state index in [2.05, 4.69) is 20.8 Å². The van der Waals surface area contributed by atoms with Gasteiger partial charge in [-0.3, -0.25) is 10.4 Å². The predicted octanol–water partition coefficient (Wildman–Crippen LogP) is 1.93. The van der Waals surface area contributed by atoms with Gasteiger partial charge in [0.1, 0.15) is 5.82 Å². The molecule has 1 heterocycles. The number of anilines is 2. The van der Waals surface area contributed by atoms with Crippen LogP contribution >= 0.6 is 0 Å². The van der Waals surface area contributed by atoms with E-state index in [1.807, 2.05) is 6.07 Å². The minimum atomic E-state index is -0.399. The monoisotopic (exact) mass is 227 g/mol. The number of hydrogen-bond donors (Lipinski definition) is 3. The van der Waals surface area contributed by atoms with Crippen LogP contribution in [0.3, 0.4) is 0 Å². The van der Waals surface area contributed by atoms with E-state index in [1.165, 1.54) is 6.20 Å². The van der Waals surface area contributed by atoms with Gasteiger partial charge in [-0.15, -0.1) is 0 Å². The van der Waals surface area contributed by atoms with Gasteiger partial charge in [-0.1, -0.05) is 6.07 Å². The Bertz CT molecular complexity index is 555. The standard InChI is InChI=1S/C11H9N5O/c12-7-8-2-1-3-9(6-8)14-11(17)15-10-4-5-13-16-10/h1-6H,(H3,13,14,15,16,17). The number of hydrogen-bond acceptors (Lipinski definition) is 3. The third-order valence-electron chi connectivity index (χ3n) is 2.00. The van der Waals surface area contributed by atoms with Gasteiger partial charge in [0.2, 0.25) is 0 Å². The molecule has 2 rings (SSSR count). The summed E-state index contributed by atoms with van der Waals surface area (Å²) in [4.78, 5) is 11.5. The smallest absolute Gasteiger partial charge is 0.308 e. The Morgan fingerprint density at radius 3 is 2.94 bits per heavy atom. The summed E-state index contributed by atoms with van der Waals surface area (Å²) in [6.07, 6.45) is 1.53. The number of rotatable bonds is 2. The second-order valence-corrected chi connectivity index (χ2v) is 3.24. The van der Waals surface area contributed by atoms with Gasteiger partial charge < -0.3 is 5.32 Å². The zero-order chi connectivity index (χ0) is 12.1. The van der Waals surface area contributed by atoms with Gasteiger partial charge in [0.05, 0.1) is 17.8 Å². The van der Waals surface area contributed by atoms with Crippen molar-refractivity contribution < 1.29 is 4.79 Å². The highest BCUT2D eigenvalue weighted by Crippen LogP contribution is 2.10. The van der Waals surface area contributed by atoms with Gasteiger partial charge in [-0.05, 0) is 18.2 Å². The van der Waals surface area contributed by atoms with Crippen LogP contribution in [0.1, 0.15) is 5.56 Å². The second-order valence-electron chi connectivity index (χ2n) is 3.24. The largest absolute Gasteiger partial charge is 0.324 e. The maximum atomic E-state index is 11.5. The highest BCUT2D eigenvalue weighted by Gasteiger charge is 2.03. The molecule has 3 N–H and O–H groups in total. The zero-order valence-electron chi connectivity index (χ0n) is 8.77. The van der Waals surface area contributed by atoms with Crippen LogP contribution < -0.4 is 10.6 Å². The first kappa shape index (κ1) is 10.7. The van der Waals surface area contributed by atoms with Gasteiger partial charge >= 0.3 is 6.03 Å². The van der Waals surface area contributed by atoms with Crippen molar-refractivity contribution in [2.24, 2.45) is 0 Å². The van der Waals surface area contributed by atoms with E-state index < -0.39 is 6.03 Å². The van der Waals surface area contributed by atoms with Crippen molar-refractivity contribution in [2.45, 2.75) is 0 Å². The molecule has 0 atom stereocenters. The molecule has 1 aromatic carbocycles. The number of aromatic nitrogens is 2. The molecule has 6 heteroatoms. The first-order chi connectivity index (χ1) is 8.28. The number of urea groups is 1. The predicted molar refractivity (Wildman–Crippen MR) is 62.4 cm³/mol. The number of carbonyl (C=O) groups is 1. The van der Waals surface area contributed by atoms with Crippen LogP contribution in [0.25, 0.3) is 0 Å². The van der Waals surface area contributed by atoms with Crippen LogP contribution in [-0.4, -0.2) is 16.2 Å². The fraction of sp³-hybridized carbons (Fsp3) is 0. The average molecular weight is 227 g/mol. The lowest BCUT2D eigenvalue weighted by molar-refractivity contribution is 0.262. The summed E-state index contributed by atoms with van der Waals surface area (Å²) < 4.78 is 0. The van der Waals surface area contributed by atoms with E-state index in [4.69, 9.17) is 5.26 Å². The number of nitrogens with one attached hydrogen (secondary N) is 3. The number of nitriles is 1. The third-order valence-corrected chi connectivity index (χ3v) is 2.00. The number of amides is 2. The van der Waals surface area contributed by atoms with Gasteiger partial charge in [-0.25, -0.2) is 4.79 Å². The Labute approximate surface area is 97.3 Å². The summed E-state index contributed by atoms with van der Waals surface area (Å²) in [7, 11) is 0. The lowest BCUT2D eigenvalue weighted by Crippen LogP contribution is -2.19. The minimum absolute atomic E-state index is 0.399. The highest BCUT2D eigenvalue weighted by molar-refractivity contribution is 5.99. The minimum Gasteiger partial charge on any atom is -0.308 e. The van der Waals surface area contributed by atoms with E-state index in [1.54, 1.807) is 30.3 Å². The molecule has 0 aliphatic heterocycles. The fourth-order valence-electron chi connectivity index (χ4n) is 1.28. The molecule has 0 saturated heterocycles. The molecule has 84 valence electrons. The molecule has 0 unspecified atom stereocenters. The van der Waals surface area contributed by atoms with E-state index in [0.29, 0.717) is 17.1 Å². The number of carbonyl (C=O) groups excluding carboxylic acids is 1. The lowest BCUT2D eigenvalue weighted by Gasteiger charge is -2.05. The van der Waals surface area contributed by atoms with Crippen LogP contribution in [0, 0.1) is 11.3 Å². The van der Waals surface area contributed by atoms with E-state index in [9.17, 15) is 4.79 Å². The third kappa shape index (κ3) is 2.82. The molecule has 0 radical (unpaired) electrons. The van der Waals surface area contributed by atoms with Crippen molar-refractivity contribution >= 4 is 17.5 Å². The maximum absolute atomic E-state index is 11.5. The molecule has 0 aliphatic carbocycles. The quantitative estimate of drug-likeness (QED) is 0.731. The highest BCUT2D eigenvalue weighted by atomic mass is 16.2. The number of aromatic amines is 1. The van der Waals surface area contributed by atoms with Crippen molar-refractivity contribution in [3.63, 3.8) is 0 Å². The van der Waals surface area contributed by atoms with Crippen LogP contribution in [0.2, 0.25) is 0 Å². The van der Waals surface area contributed by atoms with Gasteiger partial charge in [-0.2, -0.15) is 10.4 Å². The average Bonchev–Trinajstić information content (AvgIpc) is 2.82. The lowest BCUT2D eigenvalue weighted by atomic mass is 10.2. The summed E-state index contributed by atoms with van der Waals surface area (Å²) in [5, 5.41) is 20.2. The Balaban J connectivity index is 2.01. The molecule has 6 nitrogen and oxygen atoms in total. The van der Waals surface area contributed by atoms with Crippen LogP contribution in [0.4, 0.5) is 16.3 Å². The normalized spacial score (nSPS) is 9.35. The molecule has 1 aromatic heterocycles. The zero-order valence-corrected chi connectivity index (χ0v) is 8.77. The Hall–Kier alpha value is -2.81. The summed E-state index contributed by atoms with van der Waals surface area (Å²) in [6.45, 7) is 0. The molecule has 0 bridgehead atoms. The topological polar surface area (TPSA) is 93.6 Å². The van der Waals surface area contributed by atoms with Gasteiger partial charge in [0.25, 0.3) is 0 Å². The Morgan fingerprint density at radius 2 is 2.24 bits per heavy atom. The van der Waals surface area contributed by atoms with Crippen molar-refractivity contribution in [3.8, 4) is 6.07 Å². The van der Waals surface area contributed by atoms with E-state index in [-0.39, 0.29) is 0 Å². The number of H-pyrrole nitrogens is 1. The summed E-state index contributed by atoms with van der Waals surface area (Å²) >= 11 is 0. The van der Waals surface area contributed by atoms with Crippen molar-refractivity contribution in [2.75, 3.05) is 10.6 Å². The van der Waals surface area contributed by atoms with E-state index >= 15 is 0 Å². The molecular weight excluding hydrogens is 218 g/mol. The van der Waals surface area contributed by atoms with Gasteiger partial charge in [0.15, 0.2) is 0 Å². The van der Waals surface area contributed by atoms with Crippen LogP contribution in [0.5, 0.6) is 0 Å². The number of benzene rings is 1. The van der Waals surface area contributed by atoms with E-state index in [0.717, 1.165) is 0 Å².